The van der Waals surface area contributed by atoms with E-state index >= 15 is 0 Å². The largest absolute Gasteiger partial charge is 0.453 e. The Hall–Kier alpha value is -2.85. The molecule has 128 valence electrons. The molecule has 25 heavy (non-hydrogen) atoms. The van der Waals surface area contributed by atoms with Crippen LogP contribution in [0.2, 0.25) is 0 Å². The molecule has 1 aromatic carbocycles. The first-order chi connectivity index (χ1) is 12.1. The molecule has 0 unspecified atom stereocenters. The molecule has 1 aliphatic heterocycles. The number of nitriles is 1. The Morgan fingerprint density at radius 2 is 2.12 bits per heavy atom. The molecule has 1 N–H and O–H groups in total. The monoisotopic (exact) mass is 355 g/mol. The third-order valence-corrected chi connectivity index (χ3v) is 5.19. The zero-order valence-electron chi connectivity index (χ0n) is 13.7. The maximum Gasteiger partial charge on any atom is 0.409 e. The molecule has 7 heteroatoms. The molecule has 0 aliphatic carbocycles. The predicted molar refractivity (Wildman–Crippen MR) is 94.3 cm³/mol. The Balaban J connectivity index is 1.77. The van der Waals surface area contributed by atoms with Gasteiger partial charge in [-0.3, -0.25) is 4.79 Å². The highest BCUT2D eigenvalue weighted by molar-refractivity contribution is 7.16. The summed E-state index contributed by atoms with van der Waals surface area (Å²) < 4.78 is 4.76. The second kappa shape index (κ2) is 7.36. The zero-order chi connectivity index (χ0) is 17.8. The van der Waals surface area contributed by atoms with Crippen molar-refractivity contribution in [3.05, 3.63) is 51.9 Å². The number of thiophene rings is 1. The molecule has 0 radical (unpaired) electrons. The maximum atomic E-state index is 12.3. The number of hydrogen-bond acceptors (Lipinski definition) is 5. The highest BCUT2D eigenvalue weighted by Gasteiger charge is 2.27. The lowest BCUT2D eigenvalue weighted by molar-refractivity contribution is -0.115. The number of methoxy groups -OCH3 is 1. The Morgan fingerprint density at radius 1 is 1.36 bits per heavy atom. The van der Waals surface area contributed by atoms with Crippen LogP contribution in [0.15, 0.2) is 30.3 Å². The molecule has 0 atom stereocenters. The fourth-order valence-corrected chi connectivity index (χ4v) is 4.08. The Bertz CT molecular complexity index is 839. The summed E-state index contributed by atoms with van der Waals surface area (Å²) in [4.78, 5) is 26.5. The maximum absolute atomic E-state index is 12.3. The van der Waals surface area contributed by atoms with Gasteiger partial charge in [0.25, 0.3) is 0 Å². The van der Waals surface area contributed by atoms with Crippen molar-refractivity contribution in [3.8, 4) is 6.07 Å². The van der Waals surface area contributed by atoms with Crippen molar-refractivity contribution in [2.24, 2.45) is 0 Å². The quantitative estimate of drug-likeness (QED) is 0.918. The van der Waals surface area contributed by atoms with E-state index in [1.807, 2.05) is 30.3 Å². The van der Waals surface area contributed by atoms with Crippen LogP contribution in [0.4, 0.5) is 9.80 Å². The molecule has 0 spiro atoms. The van der Waals surface area contributed by atoms with Crippen LogP contribution in [0.3, 0.4) is 0 Å². The predicted octanol–water partition coefficient (Wildman–Crippen LogP) is 2.93. The molecule has 0 fully saturated rings. The molecule has 0 saturated carbocycles. The van der Waals surface area contributed by atoms with Crippen LogP contribution in [0, 0.1) is 11.3 Å². The molecule has 6 nitrogen and oxygen atoms in total. The van der Waals surface area contributed by atoms with Crippen LogP contribution in [0.5, 0.6) is 0 Å². The lowest BCUT2D eigenvalue weighted by atomic mass is 10.0. The Labute approximate surface area is 149 Å². The standard InChI is InChI=1S/C18H17N3O3S/c1-24-18(23)21-8-7-13-14(10-19)17(25-15(13)11-21)20-16(22)9-12-5-3-2-4-6-12/h2-6H,7-9,11H2,1H3,(H,20,22). The number of anilines is 1. The number of nitrogens with zero attached hydrogens (tertiary/aromatic N) is 2. The van der Waals surface area contributed by atoms with Gasteiger partial charge in [0.1, 0.15) is 11.1 Å². The van der Waals surface area contributed by atoms with E-state index in [0.29, 0.717) is 30.1 Å². The van der Waals surface area contributed by atoms with E-state index < -0.39 is 0 Å². The SMILES string of the molecule is COC(=O)N1CCc2c(sc(NC(=O)Cc3ccccc3)c2C#N)C1. The third-order valence-electron chi connectivity index (χ3n) is 4.06. The van der Waals surface area contributed by atoms with Crippen molar-refractivity contribution < 1.29 is 14.3 Å². The summed E-state index contributed by atoms with van der Waals surface area (Å²) >= 11 is 1.35. The summed E-state index contributed by atoms with van der Waals surface area (Å²) in [5.74, 6) is -0.161. The number of carbonyl (C=O) groups excluding carboxylic acids is 2. The average molecular weight is 355 g/mol. The third kappa shape index (κ3) is 3.64. The van der Waals surface area contributed by atoms with Crippen molar-refractivity contribution in [1.82, 2.24) is 4.90 Å². The van der Waals surface area contributed by atoms with E-state index in [0.717, 1.165) is 16.0 Å². The fraction of sp³-hybridized carbons (Fsp3) is 0.278. The van der Waals surface area contributed by atoms with Crippen LogP contribution in [0.25, 0.3) is 0 Å². The van der Waals surface area contributed by atoms with Gasteiger partial charge in [0.15, 0.2) is 0 Å². The lowest BCUT2D eigenvalue weighted by Crippen LogP contribution is -2.35. The fourth-order valence-electron chi connectivity index (χ4n) is 2.85. The van der Waals surface area contributed by atoms with Crippen LogP contribution >= 0.6 is 11.3 Å². The summed E-state index contributed by atoms with van der Waals surface area (Å²) in [6, 6.07) is 11.6. The Morgan fingerprint density at radius 3 is 2.80 bits per heavy atom. The van der Waals surface area contributed by atoms with Gasteiger partial charge in [0.05, 0.1) is 25.6 Å². The van der Waals surface area contributed by atoms with E-state index in [1.165, 1.54) is 18.4 Å². The molecular formula is C18H17N3O3S. The average Bonchev–Trinajstić information content (AvgIpc) is 2.97. The number of ether oxygens (including phenoxy) is 1. The summed E-state index contributed by atoms with van der Waals surface area (Å²) in [7, 11) is 1.35. The number of carbonyl (C=O) groups is 2. The molecule has 1 aliphatic rings. The lowest BCUT2D eigenvalue weighted by Gasteiger charge is -2.25. The molecule has 1 aromatic heterocycles. The van der Waals surface area contributed by atoms with E-state index in [4.69, 9.17) is 4.74 Å². The molecule has 2 amide bonds. The van der Waals surface area contributed by atoms with Crippen LogP contribution in [-0.4, -0.2) is 30.6 Å². The van der Waals surface area contributed by atoms with Crippen LogP contribution in [-0.2, 0) is 28.9 Å². The molecule has 2 aromatic rings. The number of hydrogen-bond donors (Lipinski definition) is 1. The first-order valence-corrected chi connectivity index (χ1v) is 8.65. The minimum atomic E-state index is -0.382. The van der Waals surface area contributed by atoms with Crippen molar-refractivity contribution in [1.29, 1.82) is 5.26 Å². The van der Waals surface area contributed by atoms with Gasteiger partial charge in [-0.15, -0.1) is 11.3 Å². The minimum absolute atomic E-state index is 0.161. The number of benzene rings is 1. The molecule has 2 heterocycles. The summed E-state index contributed by atoms with van der Waals surface area (Å²) in [5, 5.41) is 12.9. The topological polar surface area (TPSA) is 82.4 Å². The number of rotatable bonds is 3. The summed E-state index contributed by atoms with van der Waals surface area (Å²) in [5.41, 5.74) is 2.34. The smallest absolute Gasteiger partial charge is 0.409 e. The van der Waals surface area contributed by atoms with E-state index in [-0.39, 0.29) is 18.4 Å². The molecule has 3 rings (SSSR count). The number of fused-ring (bicyclic) bond motifs is 1. The van der Waals surface area contributed by atoms with Crippen LogP contribution < -0.4 is 5.32 Å². The molecule has 0 bridgehead atoms. The Kier molecular flexibility index (Phi) is 5.00. The zero-order valence-corrected chi connectivity index (χ0v) is 14.6. The number of nitrogens with one attached hydrogen (secondary N) is 1. The van der Waals surface area contributed by atoms with E-state index in [9.17, 15) is 14.9 Å². The van der Waals surface area contributed by atoms with Gasteiger partial charge in [-0.25, -0.2) is 4.79 Å². The van der Waals surface area contributed by atoms with Crippen molar-refractivity contribution in [2.75, 3.05) is 19.0 Å². The first kappa shape index (κ1) is 17.0. The second-order valence-electron chi connectivity index (χ2n) is 5.67. The summed E-state index contributed by atoms with van der Waals surface area (Å²) in [6.45, 7) is 0.901. The van der Waals surface area contributed by atoms with Gasteiger partial charge in [-0.2, -0.15) is 5.26 Å². The van der Waals surface area contributed by atoms with Crippen molar-refractivity contribution in [2.45, 2.75) is 19.4 Å². The van der Waals surface area contributed by atoms with E-state index in [1.54, 1.807) is 4.90 Å². The van der Waals surface area contributed by atoms with Crippen molar-refractivity contribution in [3.63, 3.8) is 0 Å². The van der Waals surface area contributed by atoms with Crippen LogP contribution in [0.1, 0.15) is 21.6 Å². The van der Waals surface area contributed by atoms with Gasteiger partial charge < -0.3 is 15.0 Å². The van der Waals surface area contributed by atoms with Gasteiger partial charge in [0, 0.05) is 11.4 Å². The van der Waals surface area contributed by atoms with Gasteiger partial charge in [-0.1, -0.05) is 30.3 Å². The van der Waals surface area contributed by atoms with Gasteiger partial charge in [-0.05, 0) is 17.5 Å². The molecular weight excluding hydrogens is 338 g/mol. The minimum Gasteiger partial charge on any atom is -0.453 e. The number of amides is 2. The van der Waals surface area contributed by atoms with E-state index in [2.05, 4.69) is 11.4 Å². The van der Waals surface area contributed by atoms with Gasteiger partial charge in [0.2, 0.25) is 5.91 Å². The second-order valence-corrected chi connectivity index (χ2v) is 6.78. The first-order valence-electron chi connectivity index (χ1n) is 7.83. The highest BCUT2D eigenvalue weighted by Crippen LogP contribution is 2.36. The summed E-state index contributed by atoms with van der Waals surface area (Å²) in [6.07, 6.45) is 0.452. The normalized spacial score (nSPS) is 12.9. The van der Waals surface area contributed by atoms with Gasteiger partial charge >= 0.3 is 6.09 Å². The molecule has 0 saturated heterocycles. The van der Waals surface area contributed by atoms with Crippen molar-refractivity contribution >= 4 is 28.3 Å². The highest BCUT2D eigenvalue weighted by atomic mass is 32.1.